The Morgan fingerprint density at radius 2 is 1.32 bits per heavy atom. The van der Waals surface area contributed by atoms with Crippen molar-refractivity contribution in [3.63, 3.8) is 0 Å². The van der Waals surface area contributed by atoms with Crippen molar-refractivity contribution in [3.8, 4) is 0 Å². The molecule has 3 heteroatoms. The average molecular weight is 304 g/mol. The number of nitrogens with one attached hydrogen (secondary N) is 1. The molecule has 2 nitrogen and oxygen atoms in total. The molecule has 0 saturated heterocycles. The van der Waals surface area contributed by atoms with Gasteiger partial charge in [0.15, 0.2) is 0 Å². The van der Waals surface area contributed by atoms with E-state index in [1.807, 2.05) is 18.2 Å². The van der Waals surface area contributed by atoms with Crippen molar-refractivity contribution < 1.29 is 0 Å². The molecule has 0 aliphatic carbocycles. The van der Waals surface area contributed by atoms with Crippen LogP contribution in [0.4, 0.5) is 5.69 Å². The molecule has 0 aromatic heterocycles. The lowest BCUT2D eigenvalue weighted by atomic mass is 10.2. The molecule has 3 aromatic carbocycles. The third-order valence-electron chi connectivity index (χ3n) is 3.63. The van der Waals surface area contributed by atoms with Crippen LogP contribution in [0.3, 0.4) is 0 Å². The van der Waals surface area contributed by atoms with Gasteiger partial charge in [-0.1, -0.05) is 60.7 Å². The van der Waals surface area contributed by atoms with Crippen molar-refractivity contribution in [2.45, 2.75) is 9.79 Å². The third-order valence-corrected chi connectivity index (χ3v) is 5.74. The lowest BCUT2D eigenvalue weighted by Gasteiger charge is -2.30. The molecule has 108 valence electrons. The molecule has 3 aromatic rings. The quantitative estimate of drug-likeness (QED) is 0.659. The molecule has 0 radical (unpaired) electrons. The zero-order chi connectivity index (χ0) is 14.8. The average Bonchev–Trinajstić information content (AvgIpc) is 2.62. The molecule has 0 spiro atoms. The summed E-state index contributed by atoms with van der Waals surface area (Å²) in [6.45, 7) is 0. The first-order chi connectivity index (χ1) is 10.9. The van der Waals surface area contributed by atoms with Crippen molar-refractivity contribution in [1.29, 1.82) is 0 Å². The summed E-state index contributed by atoms with van der Waals surface area (Å²) in [5.41, 5.74) is 2.19. The van der Waals surface area contributed by atoms with E-state index in [2.05, 4.69) is 71.5 Å². The highest BCUT2D eigenvalue weighted by atomic mass is 32.2. The Balaban J connectivity index is 1.84. The second-order valence-corrected chi connectivity index (χ2v) is 6.99. The normalized spacial score (nSPS) is 18.0. The van der Waals surface area contributed by atoms with E-state index in [-0.39, 0.29) is 0 Å². The highest BCUT2D eigenvalue weighted by Crippen LogP contribution is 2.48. The van der Waals surface area contributed by atoms with Crippen LogP contribution < -0.4 is 4.72 Å². The fourth-order valence-electron chi connectivity index (χ4n) is 2.57. The summed E-state index contributed by atoms with van der Waals surface area (Å²) in [6.07, 6.45) is 0. The van der Waals surface area contributed by atoms with Crippen molar-refractivity contribution in [1.82, 2.24) is 4.72 Å². The Hall–Kier alpha value is -2.52. The molecule has 0 saturated carbocycles. The predicted molar refractivity (Wildman–Crippen MR) is 94.2 cm³/mol. The van der Waals surface area contributed by atoms with Gasteiger partial charge in [-0.3, -0.25) is 0 Å². The van der Waals surface area contributed by atoms with Crippen LogP contribution in [0.2, 0.25) is 0 Å². The lowest BCUT2D eigenvalue weighted by molar-refractivity contribution is 1.24. The minimum absolute atomic E-state index is 0.626. The number of rotatable bonds is 2. The summed E-state index contributed by atoms with van der Waals surface area (Å²) in [6, 6.07) is 29.3. The maximum Gasteiger partial charge on any atom is 0.142 e. The molecule has 0 fully saturated rings. The van der Waals surface area contributed by atoms with Crippen LogP contribution in [-0.4, -0.2) is 5.84 Å². The SMILES string of the molecule is c1ccc(C2=Nc3ccccc3[SH](c3ccccc3)N2)cc1. The second-order valence-electron chi connectivity index (χ2n) is 5.10. The molecule has 1 unspecified atom stereocenters. The molecule has 1 aliphatic rings. The first kappa shape index (κ1) is 13.2. The van der Waals surface area contributed by atoms with E-state index in [0.29, 0.717) is 0 Å². The molecule has 1 N–H and O–H groups in total. The molecular weight excluding hydrogens is 288 g/mol. The molecule has 1 heterocycles. The van der Waals surface area contributed by atoms with Gasteiger partial charge in [0, 0.05) is 15.4 Å². The first-order valence-electron chi connectivity index (χ1n) is 7.27. The van der Waals surface area contributed by atoms with E-state index in [1.54, 1.807) is 0 Å². The van der Waals surface area contributed by atoms with Gasteiger partial charge in [-0.25, -0.2) is 4.99 Å². The standard InChI is InChI=1S/C19H16N2S/c1-3-9-15(10-4-1)19-20-17-13-7-8-14-18(17)22(21-19)16-11-5-2-6-12-16/h1-14,22H,(H,20,21). The minimum atomic E-state index is -0.626. The summed E-state index contributed by atoms with van der Waals surface area (Å²) < 4.78 is 3.66. The van der Waals surface area contributed by atoms with Gasteiger partial charge < -0.3 is 4.72 Å². The Morgan fingerprint density at radius 3 is 2.09 bits per heavy atom. The van der Waals surface area contributed by atoms with Gasteiger partial charge in [-0.05, 0) is 24.3 Å². The van der Waals surface area contributed by atoms with Crippen LogP contribution in [0, 0.1) is 0 Å². The van der Waals surface area contributed by atoms with Gasteiger partial charge in [0.1, 0.15) is 5.84 Å². The van der Waals surface area contributed by atoms with Gasteiger partial charge >= 0.3 is 0 Å². The van der Waals surface area contributed by atoms with E-state index in [4.69, 9.17) is 4.99 Å². The smallest absolute Gasteiger partial charge is 0.142 e. The predicted octanol–water partition coefficient (Wildman–Crippen LogP) is 4.70. The lowest BCUT2D eigenvalue weighted by Crippen LogP contribution is -2.24. The number of amidine groups is 1. The number of aliphatic imine (C=N–C) groups is 1. The Labute approximate surface area is 133 Å². The van der Waals surface area contributed by atoms with Gasteiger partial charge in [0.2, 0.25) is 0 Å². The van der Waals surface area contributed by atoms with Gasteiger partial charge in [0.05, 0.1) is 5.69 Å². The molecule has 1 aliphatic heterocycles. The van der Waals surface area contributed by atoms with Gasteiger partial charge in [0.25, 0.3) is 0 Å². The van der Waals surface area contributed by atoms with Crippen LogP contribution >= 0.6 is 11.1 Å². The van der Waals surface area contributed by atoms with Crippen molar-refractivity contribution in [2.75, 3.05) is 0 Å². The fraction of sp³-hybridized carbons (Fsp3) is 0. The number of fused-ring (bicyclic) bond motifs is 1. The van der Waals surface area contributed by atoms with E-state index in [9.17, 15) is 0 Å². The topological polar surface area (TPSA) is 24.4 Å². The molecule has 4 rings (SSSR count). The van der Waals surface area contributed by atoms with E-state index in [1.165, 1.54) is 9.79 Å². The number of hydrogen-bond acceptors (Lipinski definition) is 2. The summed E-state index contributed by atoms with van der Waals surface area (Å²) in [7, 11) is 0. The Kier molecular flexibility index (Phi) is 3.41. The third kappa shape index (κ3) is 2.40. The van der Waals surface area contributed by atoms with Crippen LogP contribution in [0.15, 0.2) is 99.7 Å². The number of nitrogens with zero attached hydrogens (tertiary/aromatic N) is 1. The number of hydrogen-bond donors (Lipinski definition) is 2. The zero-order valence-corrected chi connectivity index (χ0v) is 12.9. The fourth-order valence-corrected chi connectivity index (χ4v) is 4.54. The monoisotopic (exact) mass is 304 g/mol. The summed E-state index contributed by atoms with van der Waals surface area (Å²) in [4.78, 5) is 7.41. The van der Waals surface area contributed by atoms with E-state index in [0.717, 1.165) is 17.1 Å². The van der Waals surface area contributed by atoms with Gasteiger partial charge in [-0.15, -0.1) is 11.1 Å². The first-order valence-corrected chi connectivity index (χ1v) is 8.61. The summed E-state index contributed by atoms with van der Waals surface area (Å²) in [5.74, 6) is 0.953. The minimum Gasteiger partial charge on any atom is -0.326 e. The summed E-state index contributed by atoms with van der Waals surface area (Å²) in [5, 5.41) is 0. The second kappa shape index (κ2) is 5.70. The van der Waals surface area contributed by atoms with Crippen molar-refractivity contribution in [3.05, 3.63) is 90.5 Å². The number of thiol groups is 1. The molecular formula is C19H16N2S. The highest BCUT2D eigenvalue weighted by molar-refractivity contribution is 8.16. The van der Waals surface area contributed by atoms with Crippen LogP contribution in [0.25, 0.3) is 0 Å². The Bertz CT molecular complexity index is 813. The van der Waals surface area contributed by atoms with E-state index >= 15 is 0 Å². The van der Waals surface area contributed by atoms with Crippen LogP contribution in [-0.2, 0) is 0 Å². The van der Waals surface area contributed by atoms with Crippen LogP contribution in [0.1, 0.15) is 5.56 Å². The number of benzene rings is 3. The highest BCUT2D eigenvalue weighted by Gasteiger charge is 2.20. The molecule has 1 atom stereocenters. The Morgan fingerprint density at radius 1 is 0.682 bits per heavy atom. The summed E-state index contributed by atoms with van der Waals surface area (Å²) >= 11 is -0.626. The maximum atomic E-state index is 4.81. The number of para-hydroxylation sites is 1. The largest absolute Gasteiger partial charge is 0.326 e. The molecule has 0 amide bonds. The molecule has 22 heavy (non-hydrogen) atoms. The zero-order valence-electron chi connectivity index (χ0n) is 12.0. The van der Waals surface area contributed by atoms with Crippen molar-refractivity contribution in [2.24, 2.45) is 4.99 Å². The van der Waals surface area contributed by atoms with Crippen molar-refractivity contribution >= 4 is 22.6 Å². The van der Waals surface area contributed by atoms with Crippen LogP contribution in [0.5, 0.6) is 0 Å². The van der Waals surface area contributed by atoms with E-state index < -0.39 is 11.1 Å². The maximum absolute atomic E-state index is 4.81. The molecule has 0 bridgehead atoms. The van der Waals surface area contributed by atoms with Gasteiger partial charge in [-0.2, -0.15) is 0 Å².